The van der Waals surface area contributed by atoms with E-state index in [1.165, 1.54) is 122 Å². The van der Waals surface area contributed by atoms with Crippen molar-refractivity contribution in [3.05, 3.63) is 134 Å². The molecule has 77 heavy (non-hydrogen) atoms. The molecule has 0 fully saturated rings. The minimum atomic E-state index is -0.805. The highest BCUT2D eigenvalue weighted by atomic mass is 16.6. The Kier molecular flexibility index (Phi) is 60.4. The zero-order valence-electron chi connectivity index (χ0n) is 49.9. The van der Waals surface area contributed by atoms with Crippen LogP contribution in [0.15, 0.2) is 134 Å². The second kappa shape index (κ2) is 64.1. The monoisotopic (exact) mass is 1060 g/mol. The van der Waals surface area contributed by atoms with Gasteiger partial charge in [-0.05, 0) is 116 Å². The number of hydrogen-bond donors (Lipinski definition) is 0. The number of carbonyl (C=O) groups excluding carboxylic acids is 3. The molecular weight excluding hydrogens is 949 g/mol. The summed E-state index contributed by atoms with van der Waals surface area (Å²) in [5, 5.41) is 0. The molecule has 0 amide bonds. The molecule has 0 rings (SSSR count). The van der Waals surface area contributed by atoms with E-state index in [1.54, 1.807) is 0 Å². The van der Waals surface area contributed by atoms with Crippen molar-refractivity contribution in [2.45, 2.75) is 284 Å². The maximum Gasteiger partial charge on any atom is 0.306 e. The number of ether oxygens (including phenoxy) is 3. The van der Waals surface area contributed by atoms with Crippen LogP contribution in [0.2, 0.25) is 0 Å². The van der Waals surface area contributed by atoms with Crippen LogP contribution in [0.4, 0.5) is 0 Å². The lowest BCUT2D eigenvalue weighted by molar-refractivity contribution is -0.167. The Morgan fingerprint density at radius 3 is 0.844 bits per heavy atom. The van der Waals surface area contributed by atoms with Crippen molar-refractivity contribution in [1.82, 2.24) is 0 Å². The van der Waals surface area contributed by atoms with Crippen molar-refractivity contribution in [2.75, 3.05) is 13.2 Å². The molecule has 0 radical (unpaired) electrons. The summed E-state index contributed by atoms with van der Waals surface area (Å²) >= 11 is 0. The summed E-state index contributed by atoms with van der Waals surface area (Å²) in [4.78, 5) is 38.0. The highest BCUT2D eigenvalue weighted by Gasteiger charge is 2.19. The number of rotatable bonds is 56. The van der Waals surface area contributed by atoms with Crippen molar-refractivity contribution in [3.8, 4) is 0 Å². The molecular formula is C71H116O6. The molecule has 0 saturated carbocycles. The number of unbranched alkanes of at least 4 members (excludes halogenated alkanes) is 23. The summed E-state index contributed by atoms with van der Waals surface area (Å²) in [6.45, 7) is 6.43. The molecule has 0 aromatic carbocycles. The molecule has 1 unspecified atom stereocenters. The smallest absolute Gasteiger partial charge is 0.306 e. The van der Waals surface area contributed by atoms with Gasteiger partial charge in [-0.25, -0.2) is 0 Å². The van der Waals surface area contributed by atoms with Gasteiger partial charge in [0.25, 0.3) is 0 Å². The molecule has 0 aromatic rings. The van der Waals surface area contributed by atoms with Crippen LogP contribution in [0.1, 0.15) is 278 Å². The lowest BCUT2D eigenvalue weighted by Gasteiger charge is -2.18. The van der Waals surface area contributed by atoms with Crippen LogP contribution in [-0.2, 0) is 28.6 Å². The van der Waals surface area contributed by atoms with Crippen LogP contribution < -0.4 is 0 Å². The zero-order chi connectivity index (χ0) is 55.7. The van der Waals surface area contributed by atoms with Gasteiger partial charge in [-0.2, -0.15) is 0 Å². The van der Waals surface area contributed by atoms with Crippen molar-refractivity contribution >= 4 is 17.9 Å². The standard InChI is InChI=1S/C71H116O6/c1-4-7-10-13-16-18-20-22-24-26-28-30-32-33-34-35-36-37-39-40-42-44-46-48-50-52-55-58-61-64-70(73)76-67-68(66-75-69(72)63-60-57-54-15-12-9-6-3)77-71(74)65-62-59-56-53-51-49-47-45-43-41-38-31-29-27-25-23-21-19-17-14-11-8-5-2/h7,10,16,18,21-24,27-30,33-34,36-37,40,42,46,48,52,55,68H,4-6,8-9,11-15,17,19-20,25-26,31-32,35,38-39,41,43-45,47,49-51,53-54,56-67H2,1-3H3/b10-7-,18-16-,23-21-,24-22-,29-27-,30-28-,34-33-,37-36-,42-40-,48-46-,55-52-. The Morgan fingerprint density at radius 2 is 0.519 bits per heavy atom. The van der Waals surface area contributed by atoms with E-state index in [4.69, 9.17) is 14.2 Å². The average Bonchev–Trinajstić information content (AvgIpc) is 3.43. The number of hydrogen-bond acceptors (Lipinski definition) is 6. The van der Waals surface area contributed by atoms with Gasteiger partial charge in [-0.15, -0.1) is 0 Å². The molecule has 436 valence electrons. The van der Waals surface area contributed by atoms with Crippen molar-refractivity contribution < 1.29 is 28.6 Å². The molecule has 0 N–H and O–H groups in total. The molecule has 0 heterocycles. The fourth-order valence-electron chi connectivity index (χ4n) is 8.42. The van der Waals surface area contributed by atoms with E-state index in [9.17, 15) is 14.4 Å². The van der Waals surface area contributed by atoms with Crippen LogP contribution in [0.5, 0.6) is 0 Å². The third-order valence-electron chi connectivity index (χ3n) is 13.1. The van der Waals surface area contributed by atoms with E-state index in [2.05, 4.69) is 154 Å². The highest BCUT2D eigenvalue weighted by Crippen LogP contribution is 2.15. The van der Waals surface area contributed by atoms with Crippen LogP contribution in [-0.4, -0.2) is 37.2 Å². The molecule has 6 heteroatoms. The Morgan fingerprint density at radius 1 is 0.273 bits per heavy atom. The molecule has 0 aliphatic rings. The molecule has 0 aliphatic carbocycles. The Balaban J connectivity index is 4.28. The van der Waals surface area contributed by atoms with Gasteiger partial charge in [0.1, 0.15) is 13.2 Å². The normalized spacial score (nSPS) is 13.0. The van der Waals surface area contributed by atoms with Gasteiger partial charge in [0.15, 0.2) is 6.10 Å². The van der Waals surface area contributed by atoms with Gasteiger partial charge in [0.05, 0.1) is 0 Å². The van der Waals surface area contributed by atoms with Gasteiger partial charge >= 0.3 is 17.9 Å². The third-order valence-corrected chi connectivity index (χ3v) is 13.1. The summed E-state index contributed by atoms with van der Waals surface area (Å²) in [5.74, 6) is -0.970. The molecule has 6 nitrogen and oxygen atoms in total. The molecule has 0 saturated heterocycles. The van der Waals surface area contributed by atoms with Crippen molar-refractivity contribution in [3.63, 3.8) is 0 Å². The van der Waals surface area contributed by atoms with E-state index >= 15 is 0 Å². The predicted octanol–water partition coefficient (Wildman–Crippen LogP) is 21.8. The fraction of sp³-hybridized carbons (Fsp3) is 0.648. The summed E-state index contributed by atoms with van der Waals surface area (Å²) < 4.78 is 16.8. The lowest BCUT2D eigenvalue weighted by Crippen LogP contribution is -2.30. The molecule has 0 aliphatic heterocycles. The van der Waals surface area contributed by atoms with E-state index in [-0.39, 0.29) is 37.5 Å². The van der Waals surface area contributed by atoms with Crippen LogP contribution in [0.3, 0.4) is 0 Å². The second-order valence-corrected chi connectivity index (χ2v) is 20.6. The SMILES string of the molecule is CC/C=C\C/C=C\C/C=C\C/C=C\C/C=C\C/C=C\C/C=C\C/C=C\C/C=C\CCCC(=O)OCC(COC(=O)CCCCCCCCC)OC(=O)CCCCCCCCCCCCC/C=C\C/C=C\CCCCCCC. The topological polar surface area (TPSA) is 78.9 Å². The lowest BCUT2D eigenvalue weighted by atomic mass is 10.0. The summed E-state index contributed by atoms with van der Waals surface area (Å²) in [7, 11) is 0. The summed E-state index contributed by atoms with van der Waals surface area (Å²) in [6.07, 6.45) is 90.6. The minimum Gasteiger partial charge on any atom is -0.462 e. The van der Waals surface area contributed by atoms with Crippen molar-refractivity contribution in [1.29, 1.82) is 0 Å². The average molecular weight is 1070 g/mol. The maximum atomic E-state index is 12.9. The van der Waals surface area contributed by atoms with Gasteiger partial charge in [-0.3, -0.25) is 14.4 Å². The molecule has 0 aromatic heterocycles. The third kappa shape index (κ3) is 62.3. The first-order chi connectivity index (χ1) is 38.0. The highest BCUT2D eigenvalue weighted by molar-refractivity contribution is 5.71. The van der Waals surface area contributed by atoms with Gasteiger partial charge < -0.3 is 14.2 Å². The largest absolute Gasteiger partial charge is 0.462 e. The predicted molar refractivity (Wildman–Crippen MR) is 334 cm³/mol. The molecule has 0 spiro atoms. The first kappa shape index (κ1) is 72.5. The van der Waals surface area contributed by atoms with Gasteiger partial charge in [0, 0.05) is 19.3 Å². The van der Waals surface area contributed by atoms with Crippen LogP contribution >= 0.6 is 0 Å². The van der Waals surface area contributed by atoms with Crippen LogP contribution in [0.25, 0.3) is 0 Å². The number of allylic oxidation sites excluding steroid dienone is 22. The first-order valence-corrected chi connectivity index (χ1v) is 31.7. The summed E-state index contributed by atoms with van der Waals surface area (Å²) in [5.41, 5.74) is 0. The van der Waals surface area contributed by atoms with Gasteiger partial charge in [-0.1, -0.05) is 276 Å². The number of esters is 3. The van der Waals surface area contributed by atoms with Crippen molar-refractivity contribution in [2.24, 2.45) is 0 Å². The molecule has 0 bridgehead atoms. The Hall–Kier alpha value is -4.45. The van der Waals surface area contributed by atoms with Crippen LogP contribution in [0, 0.1) is 0 Å². The Bertz CT molecular complexity index is 1650. The van der Waals surface area contributed by atoms with Gasteiger partial charge in [0.2, 0.25) is 0 Å². The summed E-state index contributed by atoms with van der Waals surface area (Å²) in [6, 6.07) is 0. The Labute approximate surface area is 475 Å². The minimum absolute atomic E-state index is 0.0991. The van der Waals surface area contributed by atoms with E-state index < -0.39 is 6.10 Å². The second-order valence-electron chi connectivity index (χ2n) is 20.6. The quantitative estimate of drug-likeness (QED) is 0.0261. The molecule has 1 atom stereocenters. The van der Waals surface area contributed by atoms with E-state index in [0.717, 1.165) is 109 Å². The van der Waals surface area contributed by atoms with E-state index in [1.807, 2.05) is 0 Å². The van der Waals surface area contributed by atoms with E-state index in [0.29, 0.717) is 19.3 Å². The fourth-order valence-corrected chi connectivity index (χ4v) is 8.42. The number of carbonyl (C=O) groups is 3. The maximum absolute atomic E-state index is 12.9. The zero-order valence-corrected chi connectivity index (χ0v) is 49.9. The first-order valence-electron chi connectivity index (χ1n) is 31.7.